The van der Waals surface area contributed by atoms with Crippen molar-refractivity contribution in [3.8, 4) is 11.4 Å². The largest absolute Gasteiger partial charge is 0.497 e. The third kappa shape index (κ3) is 3.35. The number of hydrogen-bond acceptors (Lipinski definition) is 5. The van der Waals surface area contributed by atoms with Crippen molar-refractivity contribution >= 4 is 5.69 Å². The molecule has 1 aliphatic rings. The molecule has 6 heteroatoms. The predicted octanol–water partition coefficient (Wildman–Crippen LogP) is 4.56. The van der Waals surface area contributed by atoms with Crippen molar-refractivity contribution < 1.29 is 4.74 Å². The molecule has 0 radical (unpaired) electrons. The molecule has 0 unspecified atom stereocenters. The zero-order chi connectivity index (χ0) is 19.6. The summed E-state index contributed by atoms with van der Waals surface area (Å²) in [5.41, 5.74) is 4.19. The molecule has 6 nitrogen and oxygen atoms in total. The molecule has 146 valence electrons. The molecule has 2 aromatic carbocycles. The molecule has 1 N–H and O–H groups in total. The van der Waals surface area contributed by atoms with Gasteiger partial charge in [-0.05, 0) is 66.4 Å². The minimum Gasteiger partial charge on any atom is -0.497 e. The van der Waals surface area contributed by atoms with Crippen LogP contribution in [0.5, 0.6) is 5.75 Å². The Bertz CT molecular complexity index is 959. The molecule has 0 amide bonds. The Morgan fingerprint density at radius 2 is 1.82 bits per heavy atom. The van der Waals surface area contributed by atoms with Crippen LogP contribution in [0.1, 0.15) is 49.1 Å². The van der Waals surface area contributed by atoms with Gasteiger partial charge in [-0.15, -0.1) is 5.10 Å². The zero-order valence-electron chi connectivity index (χ0n) is 16.8. The van der Waals surface area contributed by atoms with Crippen LogP contribution in [-0.2, 0) is 5.54 Å². The molecule has 0 saturated heterocycles. The topological polar surface area (TPSA) is 64.9 Å². The van der Waals surface area contributed by atoms with Crippen LogP contribution in [-0.4, -0.2) is 27.3 Å². The fraction of sp³-hybridized carbons (Fsp3) is 0.409. The maximum atomic E-state index is 5.40. The Morgan fingerprint density at radius 1 is 1.04 bits per heavy atom. The zero-order valence-corrected chi connectivity index (χ0v) is 16.8. The lowest BCUT2D eigenvalue weighted by Crippen LogP contribution is -2.40. The van der Waals surface area contributed by atoms with Crippen molar-refractivity contribution in [3.63, 3.8) is 0 Å². The van der Waals surface area contributed by atoms with Crippen molar-refractivity contribution in [3.05, 3.63) is 59.4 Å². The van der Waals surface area contributed by atoms with Crippen LogP contribution in [0.4, 0.5) is 5.69 Å². The first-order chi connectivity index (χ1) is 13.6. The van der Waals surface area contributed by atoms with Gasteiger partial charge in [-0.3, -0.25) is 0 Å². The lowest BCUT2D eigenvalue weighted by Gasteiger charge is -2.37. The quantitative estimate of drug-likeness (QED) is 0.706. The molecule has 0 aliphatic heterocycles. The van der Waals surface area contributed by atoms with E-state index in [4.69, 9.17) is 4.74 Å². The predicted molar refractivity (Wildman–Crippen MR) is 110 cm³/mol. The van der Waals surface area contributed by atoms with E-state index in [1.165, 1.54) is 17.5 Å². The van der Waals surface area contributed by atoms with Crippen LogP contribution in [0.15, 0.2) is 42.5 Å². The number of tetrazole rings is 1. The summed E-state index contributed by atoms with van der Waals surface area (Å²) in [5.74, 6) is 1.72. The standard InChI is InChI=1S/C22H27N5O/c1-16-9-7-12-20(17(16)2)27-21(24-25-26-27)22(13-5-4-6-14-22)23-18-10-8-11-19(15-18)28-3/h7-12,15,23H,4-6,13-14H2,1-3H3. The van der Waals surface area contributed by atoms with Crippen LogP contribution in [0.25, 0.3) is 5.69 Å². The summed E-state index contributed by atoms with van der Waals surface area (Å²) in [6, 6.07) is 14.3. The van der Waals surface area contributed by atoms with E-state index in [-0.39, 0.29) is 5.54 Å². The maximum absolute atomic E-state index is 5.40. The van der Waals surface area contributed by atoms with E-state index in [9.17, 15) is 0 Å². The summed E-state index contributed by atoms with van der Waals surface area (Å²) in [5, 5.41) is 16.7. The molecule has 1 saturated carbocycles. The van der Waals surface area contributed by atoms with Gasteiger partial charge < -0.3 is 10.1 Å². The van der Waals surface area contributed by atoms with E-state index in [0.29, 0.717) is 0 Å². The SMILES string of the molecule is COc1cccc(NC2(c3nnnn3-c3cccc(C)c3C)CCCCC2)c1. The van der Waals surface area contributed by atoms with E-state index in [0.717, 1.165) is 48.6 Å². The maximum Gasteiger partial charge on any atom is 0.181 e. The molecule has 4 rings (SSSR count). The molecule has 1 heterocycles. The average molecular weight is 377 g/mol. The van der Waals surface area contributed by atoms with Gasteiger partial charge in [-0.1, -0.05) is 37.5 Å². The van der Waals surface area contributed by atoms with Crippen LogP contribution < -0.4 is 10.1 Å². The first-order valence-electron chi connectivity index (χ1n) is 9.91. The highest BCUT2D eigenvalue weighted by Gasteiger charge is 2.39. The van der Waals surface area contributed by atoms with Gasteiger partial charge in [0.15, 0.2) is 5.82 Å². The molecule has 0 bridgehead atoms. The van der Waals surface area contributed by atoms with Crippen molar-refractivity contribution in [1.29, 1.82) is 0 Å². The third-order valence-electron chi connectivity index (χ3n) is 5.86. The van der Waals surface area contributed by atoms with Crippen LogP contribution in [0, 0.1) is 13.8 Å². The average Bonchev–Trinajstić information content (AvgIpc) is 3.21. The summed E-state index contributed by atoms with van der Waals surface area (Å²) in [4.78, 5) is 0. The Hall–Kier alpha value is -2.89. The van der Waals surface area contributed by atoms with Crippen LogP contribution in [0.3, 0.4) is 0 Å². The van der Waals surface area contributed by atoms with E-state index < -0.39 is 0 Å². The third-order valence-corrected chi connectivity index (χ3v) is 5.86. The van der Waals surface area contributed by atoms with Crippen LogP contribution in [0.2, 0.25) is 0 Å². The molecule has 1 aliphatic carbocycles. The Kier molecular flexibility index (Phi) is 5.03. The molecule has 0 spiro atoms. The molecule has 1 aromatic heterocycles. The number of aryl methyl sites for hydroxylation is 1. The monoisotopic (exact) mass is 377 g/mol. The second-order valence-corrected chi connectivity index (χ2v) is 7.63. The molecule has 3 aromatic rings. The number of rotatable bonds is 5. The summed E-state index contributed by atoms with van der Waals surface area (Å²) in [6.07, 6.45) is 5.53. The number of nitrogens with one attached hydrogen (secondary N) is 1. The van der Waals surface area contributed by atoms with Gasteiger partial charge in [-0.25, -0.2) is 0 Å². The molecule has 0 atom stereocenters. The Balaban J connectivity index is 1.79. The molecule has 1 fully saturated rings. The molecular formula is C22H27N5O. The van der Waals surface area contributed by atoms with Crippen molar-refractivity contribution in [2.24, 2.45) is 0 Å². The first-order valence-corrected chi connectivity index (χ1v) is 9.91. The van der Waals surface area contributed by atoms with E-state index in [1.807, 2.05) is 22.9 Å². The number of methoxy groups -OCH3 is 1. The van der Waals surface area contributed by atoms with Gasteiger partial charge >= 0.3 is 0 Å². The lowest BCUT2D eigenvalue weighted by molar-refractivity contribution is 0.309. The lowest BCUT2D eigenvalue weighted by atomic mass is 9.80. The number of benzene rings is 2. The smallest absolute Gasteiger partial charge is 0.181 e. The number of anilines is 1. The van der Waals surface area contributed by atoms with E-state index in [2.05, 4.69) is 59.0 Å². The molecular weight excluding hydrogens is 350 g/mol. The number of nitrogens with zero attached hydrogens (tertiary/aromatic N) is 4. The summed E-state index contributed by atoms with van der Waals surface area (Å²) in [7, 11) is 1.69. The second kappa shape index (κ2) is 7.62. The van der Waals surface area contributed by atoms with Crippen molar-refractivity contribution in [2.75, 3.05) is 12.4 Å². The Labute approximate surface area is 165 Å². The number of aromatic nitrogens is 4. The second-order valence-electron chi connectivity index (χ2n) is 7.63. The minimum atomic E-state index is -0.301. The summed E-state index contributed by atoms with van der Waals surface area (Å²) in [6.45, 7) is 4.24. The van der Waals surface area contributed by atoms with Crippen LogP contribution >= 0.6 is 0 Å². The highest BCUT2D eigenvalue weighted by molar-refractivity contribution is 5.52. The van der Waals surface area contributed by atoms with E-state index >= 15 is 0 Å². The normalized spacial score (nSPS) is 16.0. The first kappa shape index (κ1) is 18.5. The van der Waals surface area contributed by atoms with Gasteiger partial charge in [0.05, 0.1) is 18.3 Å². The number of hydrogen-bond donors (Lipinski definition) is 1. The van der Waals surface area contributed by atoms with Gasteiger partial charge in [0, 0.05) is 11.8 Å². The van der Waals surface area contributed by atoms with Crippen molar-refractivity contribution in [2.45, 2.75) is 51.5 Å². The highest BCUT2D eigenvalue weighted by atomic mass is 16.5. The van der Waals surface area contributed by atoms with Gasteiger partial charge in [0.2, 0.25) is 0 Å². The van der Waals surface area contributed by atoms with E-state index in [1.54, 1.807) is 7.11 Å². The highest BCUT2D eigenvalue weighted by Crippen LogP contribution is 2.40. The molecule has 28 heavy (non-hydrogen) atoms. The van der Waals surface area contributed by atoms with Gasteiger partial charge in [0.25, 0.3) is 0 Å². The summed E-state index contributed by atoms with van der Waals surface area (Å²) >= 11 is 0. The van der Waals surface area contributed by atoms with Gasteiger partial charge in [0.1, 0.15) is 5.75 Å². The Morgan fingerprint density at radius 3 is 2.61 bits per heavy atom. The fourth-order valence-corrected chi connectivity index (χ4v) is 4.15. The van der Waals surface area contributed by atoms with Gasteiger partial charge in [-0.2, -0.15) is 4.68 Å². The minimum absolute atomic E-state index is 0.301. The summed E-state index contributed by atoms with van der Waals surface area (Å²) < 4.78 is 7.32. The van der Waals surface area contributed by atoms with Crippen molar-refractivity contribution in [1.82, 2.24) is 20.2 Å². The number of ether oxygens (including phenoxy) is 1. The fourth-order valence-electron chi connectivity index (χ4n) is 4.15.